The third kappa shape index (κ3) is 18.0. The molecular weight excluding hydrogens is 599 g/mol. The van der Waals surface area contributed by atoms with Crippen LogP contribution in [0.2, 0.25) is 0 Å². The Balaban J connectivity index is 1.28. The SMILES string of the molecule is CCCCCC=CCC=CCCCCCCCCC1(CCCCCCCCC=CCC=CCCCCC)Oc2cc3c(cc2O1)CN(C)C3. The van der Waals surface area contributed by atoms with E-state index < -0.39 is 5.79 Å². The minimum Gasteiger partial charge on any atom is -0.448 e. The number of unbranched alkanes of at least 4 members (excludes halogenated alkanes) is 18. The number of benzene rings is 1. The van der Waals surface area contributed by atoms with Gasteiger partial charge in [0.1, 0.15) is 0 Å². The smallest absolute Gasteiger partial charge is 0.251 e. The first kappa shape index (κ1) is 41.2. The Labute approximate surface area is 303 Å². The van der Waals surface area contributed by atoms with Crippen LogP contribution >= 0.6 is 0 Å². The number of nitrogens with zero attached hydrogens (tertiary/aromatic N) is 1. The Morgan fingerprint density at radius 1 is 0.490 bits per heavy atom. The lowest BCUT2D eigenvalue weighted by Gasteiger charge is -2.28. The van der Waals surface area contributed by atoms with E-state index in [4.69, 9.17) is 9.47 Å². The van der Waals surface area contributed by atoms with Gasteiger partial charge in [-0.3, -0.25) is 4.90 Å². The first-order chi connectivity index (χ1) is 24.2. The third-order valence-electron chi connectivity index (χ3n) is 10.3. The molecule has 0 unspecified atom stereocenters. The highest BCUT2D eigenvalue weighted by Crippen LogP contribution is 2.46. The van der Waals surface area contributed by atoms with Crippen molar-refractivity contribution in [3.63, 3.8) is 0 Å². The van der Waals surface area contributed by atoms with Crippen LogP contribution in [-0.2, 0) is 13.1 Å². The molecule has 2 aliphatic heterocycles. The molecule has 1 aromatic carbocycles. The molecule has 3 rings (SSSR count). The van der Waals surface area contributed by atoms with Crippen molar-refractivity contribution in [1.29, 1.82) is 0 Å². The molecule has 0 N–H and O–H groups in total. The highest BCUT2D eigenvalue weighted by atomic mass is 16.7. The molecule has 0 amide bonds. The average Bonchev–Trinajstić information content (AvgIpc) is 3.64. The normalized spacial score (nSPS) is 15.7. The predicted octanol–water partition coefficient (Wildman–Crippen LogP) is 14.5. The summed E-state index contributed by atoms with van der Waals surface area (Å²) in [5.41, 5.74) is 2.81. The van der Waals surface area contributed by atoms with E-state index in [-0.39, 0.29) is 0 Å². The van der Waals surface area contributed by atoms with Gasteiger partial charge in [0.05, 0.1) is 0 Å². The van der Waals surface area contributed by atoms with Crippen molar-refractivity contribution >= 4 is 0 Å². The van der Waals surface area contributed by atoms with Gasteiger partial charge in [0.25, 0.3) is 5.79 Å². The fourth-order valence-electron chi connectivity index (χ4n) is 7.25. The average molecular weight is 674 g/mol. The molecule has 0 bridgehead atoms. The Bertz CT molecular complexity index is 1010. The lowest BCUT2D eigenvalue weighted by atomic mass is 9.98. The van der Waals surface area contributed by atoms with Crippen molar-refractivity contribution in [3.05, 3.63) is 71.9 Å². The van der Waals surface area contributed by atoms with E-state index in [0.29, 0.717) is 0 Å². The van der Waals surface area contributed by atoms with Crippen LogP contribution in [0.1, 0.15) is 192 Å². The number of hydrogen-bond acceptors (Lipinski definition) is 3. The van der Waals surface area contributed by atoms with Crippen molar-refractivity contribution in [2.24, 2.45) is 0 Å². The van der Waals surface area contributed by atoms with Crippen LogP contribution in [0.15, 0.2) is 60.7 Å². The maximum absolute atomic E-state index is 6.74. The maximum Gasteiger partial charge on any atom is 0.251 e. The van der Waals surface area contributed by atoms with Crippen molar-refractivity contribution in [1.82, 2.24) is 4.90 Å². The van der Waals surface area contributed by atoms with E-state index in [0.717, 1.165) is 50.3 Å². The molecule has 3 nitrogen and oxygen atoms in total. The number of ether oxygens (including phenoxy) is 2. The summed E-state index contributed by atoms with van der Waals surface area (Å²) in [7, 11) is 2.19. The van der Waals surface area contributed by atoms with E-state index in [1.54, 1.807) is 0 Å². The summed E-state index contributed by atoms with van der Waals surface area (Å²) in [5.74, 6) is 1.50. The monoisotopic (exact) mass is 674 g/mol. The number of hydrogen-bond donors (Lipinski definition) is 0. The summed E-state index contributed by atoms with van der Waals surface area (Å²) in [5, 5.41) is 0. The third-order valence-corrected chi connectivity index (χ3v) is 10.3. The molecule has 2 aliphatic rings. The van der Waals surface area contributed by atoms with Crippen LogP contribution in [0, 0.1) is 0 Å². The first-order valence-corrected chi connectivity index (χ1v) is 21.0. The second kappa shape index (κ2) is 26.5. The van der Waals surface area contributed by atoms with Gasteiger partial charge in [0.2, 0.25) is 0 Å². The first-order valence-electron chi connectivity index (χ1n) is 21.0. The Morgan fingerprint density at radius 2 is 0.837 bits per heavy atom. The molecule has 0 atom stereocenters. The molecule has 3 heteroatoms. The van der Waals surface area contributed by atoms with Crippen LogP contribution in [0.5, 0.6) is 11.5 Å². The van der Waals surface area contributed by atoms with Gasteiger partial charge in [-0.2, -0.15) is 0 Å². The highest BCUT2D eigenvalue weighted by molar-refractivity contribution is 5.51. The lowest BCUT2D eigenvalue weighted by molar-refractivity contribution is -0.0949. The largest absolute Gasteiger partial charge is 0.448 e. The number of fused-ring (bicyclic) bond motifs is 2. The van der Waals surface area contributed by atoms with Gasteiger partial charge in [-0.05, 0) is 107 Å². The molecule has 0 fully saturated rings. The molecule has 0 saturated heterocycles. The Hall–Kier alpha value is -2.26. The minimum atomic E-state index is -0.464. The molecule has 0 aliphatic carbocycles. The number of rotatable bonds is 30. The summed E-state index contributed by atoms with van der Waals surface area (Å²) in [6, 6.07) is 4.54. The van der Waals surface area contributed by atoms with Gasteiger partial charge >= 0.3 is 0 Å². The van der Waals surface area contributed by atoms with Gasteiger partial charge in [-0.1, -0.05) is 140 Å². The summed E-state index contributed by atoms with van der Waals surface area (Å²) < 4.78 is 13.5. The van der Waals surface area contributed by atoms with Crippen molar-refractivity contribution in [2.45, 2.75) is 200 Å². The minimum absolute atomic E-state index is 0.464. The quantitative estimate of drug-likeness (QED) is 0.0599. The van der Waals surface area contributed by atoms with E-state index in [9.17, 15) is 0 Å². The zero-order valence-electron chi connectivity index (χ0n) is 32.3. The fraction of sp³-hybridized carbons (Fsp3) is 0.696. The van der Waals surface area contributed by atoms with E-state index >= 15 is 0 Å². The summed E-state index contributed by atoms with van der Waals surface area (Å²) in [4.78, 5) is 2.36. The van der Waals surface area contributed by atoms with E-state index in [1.807, 2.05) is 0 Å². The van der Waals surface area contributed by atoms with Crippen LogP contribution in [0.3, 0.4) is 0 Å². The van der Waals surface area contributed by atoms with Crippen LogP contribution in [-0.4, -0.2) is 17.7 Å². The van der Waals surface area contributed by atoms with Crippen LogP contribution < -0.4 is 9.47 Å². The van der Waals surface area contributed by atoms with Gasteiger partial charge in [0.15, 0.2) is 11.5 Å². The number of allylic oxidation sites excluding steroid dienone is 8. The fourth-order valence-corrected chi connectivity index (χ4v) is 7.25. The summed E-state index contributed by atoms with van der Waals surface area (Å²) in [6.07, 6.45) is 51.5. The van der Waals surface area contributed by atoms with Crippen LogP contribution in [0.25, 0.3) is 0 Å². The van der Waals surface area contributed by atoms with Crippen molar-refractivity contribution < 1.29 is 9.47 Å². The molecule has 0 radical (unpaired) electrons. The predicted molar refractivity (Wildman–Crippen MR) is 214 cm³/mol. The molecule has 49 heavy (non-hydrogen) atoms. The molecular formula is C46H75NO2. The Kier molecular flexibility index (Phi) is 22.3. The van der Waals surface area contributed by atoms with Crippen LogP contribution in [0.4, 0.5) is 0 Å². The topological polar surface area (TPSA) is 21.7 Å². The highest BCUT2D eigenvalue weighted by Gasteiger charge is 2.41. The standard InChI is InChI=1S/C46H75NO2/c1-4-6-8-10-12-14-16-18-20-22-24-26-28-30-32-34-36-46(48-44-38-42-40-47(3)41-43(42)39-45(44)49-46)37-35-33-31-29-27-25-23-21-19-17-15-13-11-9-7-5-2/h12-15,18-21,38-39H,4-11,16-17,22-37,40-41H2,1-3H3. The molecule has 2 heterocycles. The molecule has 0 saturated carbocycles. The van der Waals surface area contributed by atoms with Crippen molar-refractivity contribution in [3.8, 4) is 11.5 Å². The van der Waals surface area contributed by atoms with Gasteiger partial charge in [-0.25, -0.2) is 0 Å². The second-order valence-corrected chi connectivity index (χ2v) is 15.0. The zero-order valence-corrected chi connectivity index (χ0v) is 32.3. The molecule has 276 valence electrons. The second-order valence-electron chi connectivity index (χ2n) is 15.0. The van der Waals surface area contributed by atoms with Gasteiger partial charge in [-0.15, -0.1) is 0 Å². The van der Waals surface area contributed by atoms with E-state index in [1.165, 1.54) is 152 Å². The lowest BCUT2D eigenvalue weighted by Crippen LogP contribution is -2.38. The zero-order chi connectivity index (χ0) is 34.7. The van der Waals surface area contributed by atoms with Gasteiger partial charge in [0, 0.05) is 25.9 Å². The maximum atomic E-state index is 6.74. The molecule has 0 spiro atoms. The van der Waals surface area contributed by atoms with E-state index in [2.05, 4.69) is 86.5 Å². The molecule has 0 aromatic heterocycles. The summed E-state index contributed by atoms with van der Waals surface area (Å²) in [6.45, 7) is 6.56. The van der Waals surface area contributed by atoms with Crippen molar-refractivity contribution in [2.75, 3.05) is 7.05 Å². The summed E-state index contributed by atoms with van der Waals surface area (Å²) >= 11 is 0. The van der Waals surface area contributed by atoms with Gasteiger partial charge < -0.3 is 9.47 Å². The Morgan fingerprint density at radius 3 is 1.22 bits per heavy atom. The molecule has 1 aromatic rings.